The molecule has 0 aliphatic carbocycles. The molecule has 0 saturated heterocycles. The molecular formula is C11H17NO. The average molecular weight is 179 g/mol. The van der Waals surface area contributed by atoms with Crippen molar-refractivity contribution in [3.8, 4) is 0 Å². The minimum Gasteiger partial charge on any atom is -0.387 e. The van der Waals surface area contributed by atoms with E-state index in [-0.39, 0.29) is 6.54 Å². The van der Waals surface area contributed by atoms with Crippen LogP contribution >= 0.6 is 0 Å². The van der Waals surface area contributed by atoms with Crippen LogP contribution in [0, 0.1) is 6.92 Å². The molecule has 2 heteroatoms. The highest BCUT2D eigenvalue weighted by molar-refractivity contribution is 5.32. The van der Waals surface area contributed by atoms with Gasteiger partial charge in [0, 0.05) is 6.54 Å². The molecule has 13 heavy (non-hydrogen) atoms. The van der Waals surface area contributed by atoms with Crippen molar-refractivity contribution in [2.24, 2.45) is 5.73 Å². The number of hydrogen-bond acceptors (Lipinski definition) is 2. The monoisotopic (exact) mass is 179 g/mol. The topological polar surface area (TPSA) is 46.2 Å². The van der Waals surface area contributed by atoms with Gasteiger partial charge >= 0.3 is 0 Å². The van der Waals surface area contributed by atoms with Gasteiger partial charge in [0.05, 0.1) is 6.10 Å². The first-order valence-electron chi connectivity index (χ1n) is 4.66. The summed E-state index contributed by atoms with van der Waals surface area (Å²) >= 11 is 0. The highest BCUT2D eigenvalue weighted by atomic mass is 16.3. The number of rotatable bonds is 3. The maximum absolute atomic E-state index is 9.52. The molecule has 2 nitrogen and oxygen atoms in total. The molecule has 0 fully saturated rings. The fourth-order valence-corrected chi connectivity index (χ4v) is 1.42. The molecule has 0 spiro atoms. The van der Waals surface area contributed by atoms with Crippen molar-refractivity contribution in [1.82, 2.24) is 0 Å². The largest absolute Gasteiger partial charge is 0.387 e. The third-order valence-electron chi connectivity index (χ3n) is 2.36. The summed E-state index contributed by atoms with van der Waals surface area (Å²) in [5.74, 6) is 0. The van der Waals surface area contributed by atoms with Gasteiger partial charge in [-0.1, -0.05) is 25.1 Å². The molecule has 72 valence electrons. The highest BCUT2D eigenvalue weighted by Crippen LogP contribution is 2.17. The van der Waals surface area contributed by atoms with Crippen LogP contribution in [0.2, 0.25) is 0 Å². The summed E-state index contributed by atoms with van der Waals surface area (Å²) in [4.78, 5) is 0. The van der Waals surface area contributed by atoms with Crippen LogP contribution < -0.4 is 5.73 Å². The molecule has 1 aromatic carbocycles. The molecule has 0 aliphatic rings. The maximum Gasteiger partial charge on any atom is 0.0912 e. The number of aliphatic hydroxyl groups is 1. The summed E-state index contributed by atoms with van der Waals surface area (Å²) in [7, 11) is 0. The Kier molecular flexibility index (Phi) is 3.46. The Morgan fingerprint density at radius 1 is 1.46 bits per heavy atom. The van der Waals surface area contributed by atoms with E-state index in [1.165, 1.54) is 11.1 Å². The van der Waals surface area contributed by atoms with Crippen molar-refractivity contribution in [1.29, 1.82) is 0 Å². The number of aryl methyl sites for hydroxylation is 2. The predicted molar refractivity (Wildman–Crippen MR) is 54.6 cm³/mol. The molecular weight excluding hydrogens is 162 g/mol. The molecule has 3 N–H and O–H groups in total. The minimum absolute atomic E-state index is 0.284. The summed E-state index contributed by atoms with van der Waals surface area (Å²) < 4.78 is 0. The van der Waals surface area contributed by atoms with Gasteiger partial charge in [-0.15, -0.1) is 0 Å². The lowest BCUT2D eigenvalue weighted by atomic mass is 10.0. The molecule has 0 saturated carbocycles. The zero-order chi connectivity index (χ0) is 9.84. The van der Waals surface area contributed by atoms with Gasteiger partial charge in [0.15, 0.2) is 0 Å². The quantitative estimate of drug-likeness (QED) is 0.739. The Morgan fingerprint density at radius 3 is 2.69 bits per heavy atom. The molecule has 1 unspecified atom stereocenters. The van der Waals surface area contributed by atoms with Gasteiger partial charge in [0.2, 0.25) is 0 Å². The summed E-state index contributed by atoms with van der Waals surface area (Å²) in [6.45, 7) is 4.48. The van der Waals surface area contributed by atoms with Gasteiger partial charge in [-0.2, -0.15) is 0 Å². The van der Waals surface area contributed by atoms with Crippen LogP contribution in [0.5, 0.6) is 0 Å². The van der Waals surface area contributed by atoms with Gasteiger partial charge in [-0.05, 0) is 30.0 Å². The summed E-state index contributed by atoms with van der Waals surface area (Å²) in [5.41, 5.74) is 8.86. The van der Waals surface area contributed by atoms with Crippen LogP contribution in [0.15, 0.2) is 18.2 Å². The fourth-order valence-electron chi connectivity index (χ4n) is 1.42. The Bertz CT molecular complexity index is 283. The molecule has 0 aromatic heterocycles. The molecule has 0 aliphatic heterocycles. The zero-order valence-corrected chi connectivity index (χ0v) is 8.25. The molecule has 0 bridgehead atoms. The Hall–Kier alpha value is -0.860. The fraction of sp³-hybridized carbons (Fsp3) is 0.455. The second-order valence-electron chi connectivity index (χ2n) is 3.29. The van der Waals surface area contributed by atoms with Gasteiger partial charge in [0.1, 0.15) is 0 Å². The van der Waals surface area contributed by atoms with Crippen molar-refractivity contribution in [3.63, 3.8) is 0 Å². The number of hydrogen-bond donors (Lipinski definition) is 2. The molecule has 1 rings (SSSR count). The van der Waals surface area contributed by atoms with E-state index in [0.717, 1.165) is 12.0 Å². The Morgan fingerprint density at radius 2 is 2.15 bits per heavy atom. The van der Waals surface area contributed by atoms with E-state index in [0.29, 0.717) is 0 Å². The Labute approximate surface area is 79.4 Å². The van der Waals surface area contributed by atoms with E-state index in [4.69, 9.17) is 5.73 Å². The van der Waals surface area contributed by atoms with E-state index in [9.17, 15) is 5.11 Å². The molecule has 1 aromatic rings. The van der Waals surface area contributed by atoms with Gasteiger partial charge in [0.25, 0.3) is 0 Å². The standard InChI is InChI=1S/C11H17NO/c1-3-9-6-10(11(13)7-12)5-4-8(9)2/h4-6,11,13H,3,7,12H2,1-2H3. The Balaban J connectivity index is 2.99. The van der Waals surface area contributed by atoms with Crippen molar-refractivity contribution in [2.45, 2.75) is 26.4 Å². The first kappa shape index (κ1) is 10.2. The van der Waals surface area contributed by atoms with E-state index in [1.54, 1.807) is 0 Å². The van der Waals surface area contributed by atoms with Gasteiger partial charge in [-0.25, -0.2) is 0 Å². The van der Waals surface area contributed by atoms with E-state index in [2.05, 4.69) is 13.8 Å². The predicted octanol–water partition coefficient (Wildman–Crippen LogP) is 1.55. The molecule has 0 amide bonds. The van der Waals surface area contributed by atoms with Crippen LogP contribution in [0.1, 0.15) is 29.7 Å². The van der Waals surface area contributed by atoms with Crippen molar-refractivity contribution in [3.05, 3.63) is 34.9 Å². The SMILES string of the molecule is CCc1cc(C(O)CN)ccc1C. The third kappa shape index (κ3) is 2.29. The first-order chi connectivity index (χ1) is 6.19. The lowest BCUT2D eigenvalue weighted by Gasteiger charge is -2.11. The lowest BCUT2D eigenvalue weighted by molar-refractivity contribution is 0.186. The lowest BCUT2D eigenvalue weighted by Crippen LogP contribution is -2.11. The van der Waals surface area contributed by atoms with Gasteiger partial charge < -0.3 is 10.8 Å². The van der Waals surface area contributed by atoms with Crippen LogP contribution in [0.25, 0.3) is 0 Å². The van der Waals surface area contributed by atoms with E-state index < -0.39 is 6.10 Å². The van der Waals surface area contributed by atoms with Crippen molar-refractivity contribution >= 4 is 0 Å². The molecule has 0 radical (unpaired) electrons. The second kappa shape index (κ2) is 4.40. The molecule has 1 atom stereocenters. The highest BCUT2D eigenvalue weighted by Gasteiger charge is 2.06. The second-order valence-corrected chi connectivity index (χ2v) is 3.29. The third-order valence-corrected chi connectivity index (χ3v) is 2.36. The maximum atomic E-state index is 9.52. The van der Waals surface area contributed by atoms with Crippen LogP contribution in [-0.4, -0.2) is 11.7 Å². The summed E-state index contributed by atoms with van der Waals surface area (Å²) in [6.07, 6.45) is 0.475. The van der Waals surface area contributed by atoms with Crippen molar-refractivity contribution in [2.75, 3.05) is 6.54 Å². The zero-order valence-electron chi connectivity index (χ0n) is 8.25. The molecule has 0 heterocycles. The number of nitrogens with two attached hydrogens (primary N) is 1. The number of benzene rings is 1. The minimum atomic E-state index is -0.522. The van der Waals surface area contributed by atoms with E-state index >= 15 is 0 Å². The summed E-state index contributed by atoms with van der Waals surface area (Å²) in [6, 6.07) is 6.01. The first-order valence-corrected chi connectivity index (χ1v) is 4.66. The van der Waals surface area contributed by atoms with Gasteiger partial charge in [-0.3, -0.25) is 0 Å². The van der Waals surface area contributed by atoms with Crippen LogP contribution in [-0.2, 0) is 6.42 Å². The smallest absolute Gasteiger partial charge is 0.0912 e. The van der Waals surface area contributed by atoms with Crippen LogP contribution in [0.3, 0.4) is 0 Å². The normalized spacial score (nSPS) is 12.9. The van der Waals surface area contributed by atoms with Crippen LogP contribution in [0.4, 0.5) is 0 Å². The van der Waals surface area contributed by atoms with E-state index in [1.807, 2.05) is 18.2 Å². The van der Waals surface area contributed by atoms with Crippen molar-refractivity contribution < 1.29 is 5.11 Å². The number of aliphatic hydroxyl groups excluding tert-OH is 1. The average Bonchev–Trinajstić information content (AvgIpc) is 2.17. The summed E-state index contributed by atoms with van der Waals surface area (Å²) in [5, 5.41) is 9.52.